The molecule has 2 N–H and O–H groups in total. The third-order valence-corrected chi connectivity index (χ3v) is 3.38. The summed E-state index contributed by atoms with van der Waals surface area (Å²) < 4.78 is 14.0. The van der Waals surface area contributed by atoms with Gasteiger partial charge in [0.1, 0.15) is 11.5 Å². The molecule has 0 spiro atoms. The Morgan fingerprint density at radius 3 is 2.43 bits per heavy atom. The lowest BCUT2D eigenvalue weighted by atomic mass is 10.1. The van der Waals surface area contributed by atoms with Gasteiger partial charge in [-0.2, -0.15) is 0 Å². The fourth-order valence-electron chi connectivity index (χ4n) is 2.27. The predicted octanol–water partition coefficient (Wildman–Crippen LogP) is 1.83. The Balaban J connectivity index is 2.07. The van der Waals surface area contributed by atoms with Crippen molar-refractivity contribution in [1.82, 2.24) is 9.38 Å². The molecule has 0 radical (unpaired) electrons. The van der Waals surface area contributed by atoms with Crippen molar-refractivity contribution in [3.8, 4) is 5.75 Å². The molecule has 23 heavy (non-hydrogen) atoms. The molecule has 0 saturated heterocycles. The zero-order valence-corrected chi connectivity index (χ0v) is 11.7. The van der Waals surface area contributed by atoms with E-state index in [1.807, 2.05) is 0 Å². The van der Waals surface area contributed by atoms with Gasteiger partial charge in [0, 0.05) is 6.20 Å². The van der Waals surface area contributed by atoms with Crippen molar-refractivity contribution in [3.05, 3.63) is 75.6 Å². The highest BCUT2D eigenvalue weighted by atomic mass is 19.1. The van der Waals surface area contributed by atoms with Crippen LogP contribution in [-0.2, 0) is 6.42 Å². The van der Waals surface area contributed by atoms with Gasteiger partial charge >= 0.3 is 11.5 Å². The minimum Gasteiger partial charge on any atom is -0.501 e. The number of hydrogen-bond acceptors (Lipinski definition) is 4. The molecule has 1 aromatic carbocycles. The van der Waals surface area contributed by atoms with Gasteiger partial charge in [0.25, 0.3) is 0 Å². The summed E-state index contributed by atoms with van der Waals surface area (Å²) >= 11 is 0. The van der Waals surface area contributed by atoms with Crippen LogP contribution in [-0.4, -0.2) is 25.6 Å². The summed E-state index contributed by atoms with van der Waals surface area (Å²) in [5.41, 5.74) is 0.163. The lowest BCUT2D eigenvalue weighted by Gasteiger charge is -2.07. The largest absolute Gasteiger partial charge is 0.501 e. The van der Waals surface area contributed by atoms with Gasteiger partial charge in [0.05, 0.1) is 0 Å². The molecule has 0 atom stereocenters. The minimum absolute atomic E-state index is 0.119. The second kappa shape index (κ2) is 5.53. The molecular formula is C16H11FN2O4. The average Bonchev–Trinajstić information content (AvgIpc) is 2.53. The molecule has 0 unspecified atom stereocenters. The van der Waals surface area contributed by atoms with Crippen LogP contribution in [0.2, 0.25) is 0 Å². The summed E-state index contributed by atoms with van der Waals surface area (Å²) in [4.78, 5) is 26.8. The van der Waals surface area contributed by atoms with Gasteiger partial charge in [-0.25, -0.2) is 14.2 Å². The summed E-state index contributed by atoms with van der Waals surface area (Å²) in [5.74, 6) is -2.72. The molecule has 116 valence electrons. The molecule has 0 saturated carbocycles. The topological polar surface area (TPSA) is 91.9 Å². The Morgan fingerprint density at radius 1 is 1.13 bits per heavy atom. The van der Waals surface area contributed by atoms with Crippen LogP contribution in [0, 0.1) is 5.82 Å². The molecule has 0 aliphatic carbocycles. The molecule has 0 amide bonds. The van der Waals surface area contributed by atoms with Crippen LogP contribution in [0.25, 0.3) is 5.65 Å². The van der Waals surface area contributed by atoms with Crippen LogP contribution in [0.3, 0.4) is 0 Å². The first kappa shape index (κ1) is 14.7. The van der Waals surface area contributed by atoms with Crippen LogP contribution >= 0.6 is 0 Å². The van der Waals surface area contributed by atoms with Crippen molar-refractivity contribution >= 4 is 11.6 Å². The molecule has 0 aliphatic heterocycles. The number of carbonyl (C=O) groups is 1. The average molecular weight is 314 g/mol. The Hall–Kier alpha value is -3.22. The van der Waals surface area contributed by atoms with E-state index in [1.54, 1.807) is 18.2 Å². The smallest absolute Gasteiger partial charge is 0.358 e. The van der Waals surface area contributed by atoms with E-state index in [2.05, 4.69) is 4.98 Å². The molecule has 2 heterocycles. The van der Waals surface area contributed by atoms with Crippen molar-refractivity contribution in [2.75, 3.05) is 0 Å². The van der Waals surface area contributed by atoms with E-state index in [0.29, 0.717) is 6.42 Å². The minimum atomic E-state index is -1.47. The second-order valence-electron chi connectivity index (χ2n) is 4.99. The molecule has 0 bridgehead atoms. The number of aromatic nitrogens is 2. The molecule has 0 fully saturated rings. The van der Waals surface area contributed by atoms with Crippen LogP contribution in [0.5, 0.6) is 5.75 Å². The number of fused-ring (bicyclic) bond motifs is 1. The first-order valence-corrected chi connectivity index (χ1v) is 6.67. The van der Waals surface area contributed by atoms with E-state index in [9.17, 15) is 19.1 Å². The van der Waals surface area contributed by atoms with E-state index in [1.165, 1.54) is 24.4 Å². The highest BCUT2D eigenvalue weighted by Gasteiger charge is 2.17. The Kier molecular flexibility index (Phi) is 3.53. The Labute approximate surface area is 129 Å². The summed E-state index contributed by atoms with van der Waals surface area (Å²) in [6, 6.07) is 9.13. The number of carboxylic acid groups (broad SMARTS) is 1. The number of hydrogen-bond donors (Lipinski definition) is 2. The van der Waals surface area contributed by atoms with Crippen LogP contribution in [0.4, 0.5) is 4.39 Å². The van der Waals surface area contributed by atoms with Gasteiger partial charge in [-0.1, -0.05) is 18.2 Å². The van der Waals surface area contributed by atoms with E-state index in [-0.39, 0.29) is 11.5 Å². The van der Waals surface area contributed by atoms with Crippen molar-refractivity contribution < 1.29 is 19.4 Å². The van der Waals surface area contributed by atoms with Crippen molar-refractivity contribution in [2.24, 2.45) is 0 Å². The number of halogens is 1. The summed E-state index contributed by atoms with van der Waals surface area (Å²) in [7, 11) is 0. The predicted molar refractivity (Wildman–Crippen MR) is 79.3 cm³/mol. The number of aromatic carboxylic acids is 1. The quantitative estimate of drug-likeness (QED) is 0.769. The summed E-state index contributed by atoms with van der Waals surface area (Å²) in [5, 5.41) is 18.6. The van der Waals surface area contributed by atoms with Crippen molar-refractivity contribution in [3.63, 3.8) is 0 Å². The molecular weight excluding hydrogens is 303 g/mol. The first-order valence-electron chi connectivity index (χ1n) is 6.67. The van der Waals surface area contributed by atoms with Gasteiger partial charge in [-0.3, -0.25) is 9.20 Å². The van der Waals surface area contributed by atoms with Gasteiger partial charge < -0.3 is 10.2 Å². The molecule has 6 nitrogen and oxygen atoms in total. The lowest BCUT2D eigenvalue weighted by molar-refractivity contribution is 0.0686. The monoisotopic (exact) mass is 314 g/mol. The number of aromatic hydroxyl groups is 1. The number of rotatable bonds is 3. The third-order valence-electron chi connectivity index (χ3n) is 3.38. The Morgan fingerprint density at radius 2 is 1.78 bits per heavy atom. The van der Waals surface area contributed by atoms with Gasteiger partial charge in [0.15, 0.2) is 5.69 Å². The van der Waals surface area contributed by atoms with Gasteiger partial charge in [-0.05, 0) is 35.7 Å². The normalized spacial score (nSPS) is 10.8. The molecule has 0 aliphatic rings. The third kappa shape index (κ3) is 2.76. The number of carboxylic acids is 1. The number of pyridine rings is 1. The highest BCUT2D eigenvalue weighted by Crippen LogP contribution is 2.14. The van der Waals surface area contributed by atoms with Crippen LogP contribution < -0.4 is 5.56 Å². The standard InChI is InChI=1S/C16H11FN2O4/c17-11-4-1-9(2-5-11)7-10-3-6-12-18-13(16(22)23)14(20)15(21)19(12)8-10/h1-6,8,20H,7H2,(H,22,23). The van der Waals surface area contributed by atoms with Crippen molar-refractivity contribution in [2.45, 2.75) is 6.42 Å². The molecule has 3 rings (SSSR count). The fourth-order valence-corrected chi connectivity index (χ4v) is 2.27. The number of benzene rings is 1. The highest BCUT2D eigenvalue weighted by molar-refractivity contribution is 5.88. The van der Waals surface area contributed by atoms with E-state index >= 15 is 0 Å². The van der Waals surface area contributed by atoms with E-state index in [0.717, 1.165) is 15.5 Å². The van der Waals surface area contributed by atoms with Crippen LogP contribution in [0.1, 0.15) is 21.6 Å². The number of nitrogens with zero attached hydrogens (tertiary/aromatic N) is 2. The summed E-state index contributed by atoms with van der Waals surface area (Å²) in [6.45, 7) is 0. The SMILES string of the molecule is O=C(O)c1nc2ccc(Cc3ccc(F)cc3)cn2c(=O)c1O. The lowest BCUT2D eigenvalue weighted by Crippen LogP contribution is -2.19. The maximum Gasteiger partial charge on any atom is 0.358 e. The Bertz CT molecular complexity index is 964. The second-order valence-corrected chi connectivity index (χ2v) is 4.99. The fraction of sp³-hybridized carbons (Fsp3) is 0.0625. The maximum atomic E-state index is 12.9. The first-order chi connectivity index (χ1) is 11.0. The molecule has 2 aromatic heterocycles. The van der Waals surface area contributed by atoms with Gasteiger partial charge in [0.2, 0.25) is 5.75 Å². The zero-order chi connectivity index (χ0) is 16.6. The van der Waals surface area contributed by atoms with Crippen LogP contribution in [0.15, 0.2) is 47.4 Å². The van der Waals surface area contributed by atoms with E-state index in [4.69, 9.17) is 5.11 Å². The zero-order valence-electron chi connectivity index (χ0n) is 11.7. The van der Waals surface area contributed by atoms with Crippen molar-refractivity contribution in [1.29, 1.82) is 0 Å². The van der Waals surface area contributed by atoms with E-state index < -0.39 is 23.0 Å². The molecule has 3 aromatic rings. The maximum absolute atomic E-state index is 12.9. The summed E-state index contributed by atoms with van der Waals surface area (Å²) in [6.07, 6.45) is 1.92. The van der Waals surface area contributed by atoms with Gasteiger partial charge in [-0.15, -0.1) is 0 Å². The molecule has 7 heteroatoms.